The lowest BCUT2D eigenvalue weighted by Gasteiger charge is -2.12. The van der Waals surface area contributed by atoms with Crippen molar-refractivity contribution in [1.82, 2.24) is 9.97 Å². The summed E-state index contributed by atoms with van der Waals surface area (Å²) in [5.74, 6) is 0.153. The van der Waals surface area contributed by atoms with Crippen molar-refractivity contribution in [3.8, 4) is 5.75 Å². The van der Waals surface area contributed by atoms with Gasteiger partial charge in [-0.15, -0.1) is 0 Å². The molecule has 3 rings (SSSR count). The number of aromatic nitrogens is 2. The lowest BCUT2D eigenvalue weighted by molar-refractivity contribution is 0.0690. The first-order chi connectivity index (χ1) is 10.1. The summed E-state index contributed by atoms with van der Waals surface area (Å²) in [6, 6.07) is 9.36. The molecule has 6 nitrogen and oxygen atoms in total. The van der Waals surface area contributed by atoms with E-state index in [0.29, 0.717) is 18.2 Å². The van der Waals surface area contributed by atoms with E-state index in [9.17, 15) is 4.79 Å². The maximum Gasteiger partial charge on any atom is 0.354 e. The number of aryl methyl sites for hydroxylation is 1. The molecular weight excluding hydrogens is 270 g/mol. The smallest absolute Gasteiger partial charge is 0.354 e. The lowest BCUT2D eigenvalue weighted by Crippen LogP contribution is -2.25. The molecule has 21 heavy (non-hydrogen) atoms. The van der Waals surface area contributed by atoms with Crippen molar-refractivity contribution in [3.63, 3.8) is 0 Å². The first-order valence-electron chi connectivity index (χ1n) is 6.69. The molecule has 1 unspecified atom stereocenters. The van der Waals surface area contributed by atoms with Crippen molar-refractivity contribution in [2.75, 3.05) is 11.9 Å². The van der Waals surface area contributed by atoms with Crippen LogP contribution in [-0.2, 0) is 6.42 Å². The first kappa shape index (κ1) is 13.4. The Bertz CT molecular complexity index is 663. The summed E-state index contributed by atoms with van der Waals surface area (Å²) in [6.45, 7) is 2.26. The highest BCUT2D eigenvalue weighted by Gasteiger charge is 2.22. The zero-order chi connectivity index (χ0) is 14.8. The van der Waals surface area contributed by atoms with E-state index in [0.717, 1.165) is 12.2 Å². The Morgan fingerprint density at radius 2 is 2.24 bits per heavy atom. The number of anilines is 1. The summed E-state index contributed by atoms with van der Waals surface area (Å²) in [5.41, 5.74) is 1.78. The molecule has 0 saturated carbocycles. The van der Waals surface area contributed by atoms with E-state index < -0.39 is 5.97 Å². The summed E-state index contributed by atoms with van der Waals surface area (Å²) in [4.78, 5) is 19.1. The van der Waals surface area contributed by atoms with Gasteiger partial charge >= 0.3 is 5.97 Å². The molecule has 0 amide bonds. The maximum absolute atomic E-state index is 11.0. The van der Waals surface area contributed by atoms with Crippen LogP contribution < -0.4 is 10.1 Å². The minimum atomic E-state index is -1.06. The maximum atomic E-state index is 11.0. The Morgan fingerprint density at radius 1 is 1.43 bits per heavy atom. The van der Waals surface area contributed by atoms with Gasteiger partial charge in [0.2, 0.25) is 5.95 Å². The average Bonchev–Trinajstić information content (AvgIpc) is 2.87. The highest BCUT2D eigenvalue weighted by Crippen LogP contribution is 2.28. The van der Waals surface area contributed by atoms with Gasteiger partial charge in [-0.05, 0) is 24.6 Å². The van der Waals surface area contributed by atoms with Crippen LogP contribution in [0.2, 0.25) is 0 Å². The Labute approximate surface area is 121 Å². The Morgan fingerprint density at radius 3 is 3.00 bits per heavy atom. The molecule has 2 N–H and O–H groups in total. The fourth-order valence-corrected chi connectivity index (χ4v) is 2.33. The van der Waals surface area contributed by atoms with Crippen LogP contribution in [-0.4, -0.2) is 33.7 Å². The molecular formula is C15H15N3O3. The molecule has 0 bridgehead atoms. The topological polar surface area (TPSA) is 84.3 Å². The van der Waals surface area contributed by atoms with Gasteiger partial charge in [0.1, 0.15) is 11.9 Å². The zero-order valence-electron chi connectivity index (χ0n) is 11.5. The van der Waals surface area contributed by atoms with E-state index in [4.69, 9.17) is 9.84 Å². The number of hydrogen-bond donors (Lipinski definition) is 2. The van der Waals surface area contributed by atoms with E-state index in [1.54, 1.807) is 6.92 Å². The Balaban J connectivity index is 1.65. The fourth-order valence-electron chi connectivity index (χ4n) is 2.33. The van der Waals surface area contributed by atoms with Crippen LogP contribution in [0.3, 0.4) is 0 Å². The predicted octanol–water partition coefficient (Wildman–Crippen LogP) is 1.90. The van der Waals surface area contributed by atoms with Gasteiger partial charge in [0.25, 0.3) is 0 Å². The molecule has 0 radical (unpaired) electrons. The summed E-state index contributed by atoms with van der Waals surface area (Å²) in [7, 11) is 0. The summed E-state index contributed by atoms with van der Waals surface area (Å²) in [6.07, 6.45) is 0.820. The molecule has 0 saturated heterocycles. The number of nitrogens with one attached hydrogen (secondary N) is 1. The second kappa shape index (κ2) is 5.40. The van der Waals surface area contributed by atoms with Crippen LogP contribution in [0, 0.1) is 6.92 Å². The zero-order valence-corrected chi connectivity index (χ0v) is 11.5. The second-order valence-electron chi connectivity index (χ2n) is 4.96. The fraction of sp³-hybridized carbons (Fsp3) is 0.267. The standard InChI is InChI=1S/C15H15N3O3/c1-9-6-12(14(19)20)18-15(17-9)16-8-11-7-10-4-2-3-5-13(10)21-11/h2-6,11H,7-8H2,1H3,(H,19,20)(H,16,17,18). The molecule has 1 aromatic carbocycles. The van der Waals surface area contributed by atoms with Crippen molar-refractivity contribution in [3.05, 3.63) is 47.3 Å². The van der Waals surface area contributed by atoms with Crippen molar-refractivity contribution in [1.29, 1.82) is 0 Å². The number of nitrogens with zero attached hydrogens (tertiary/aromatic N) is 2. The molecule has 1 aliphatic rings. The van der Waals surface area contributed by atoms with Gasteiger partial charge in [-0.3, -0.25) is 0 Å². The quantitative estimate of drug-likeness (QED) is 0.892. The van der Waals surface area contributed by atoms with Crippen LogP contribution in [0.15, 0.2) is 30.3 Å². The van der Waals surface area contributed by atoms with Gasteiger partial charge in [-0.2, -0.15) is 0 Å². The molecule has 2 aromatic rings. The Kier molecular flexibility index (Phi) is 3.43. The summed E-state index contributed by atoms with van der Waals surface area (Å²) in [5, 5.41) is 12.0. The molecule has 0 spiro atoms. The number of carbonyl (C=O) groups is 1. The molecule has 0 fully saturated rings. The van der Waals surface area contributed by atoms with Crippen LogP contribution in [0.25, 0.3) is 0 Å². The highest BCUT2D eigenvalue weighted by molar-refractivity contribution is 5.85. The van der Waals surface area contributed by atoms with Gasteiger partial charge < -0.3 is 15.2 Å². The van der Waals surface area contributed by atoms with Crippen molar-refractivity contribution >= 4 is 11.9 Å². The van der Waals surface area contributed by atoms with E-state index in [2.05, 4.69) is 15.3 Å². The number of carboxylic acids is 1. The molecule has 6 heteroatoms. The number of carboxylic acid groups (broad SMARTS) is 1. The third-order valence-corrected chi connectivity index (χ3v) is 3.28. The van der Waals surface area contributed by atoms with Gasteiger partial charge in [0, 0.05) is 12.1 Å². The van der Waals surface area contributed by atoms with Gasteiger partial charge in [0.05, 0.1) is 6.54 Å². The molecule has 2 heterocycles. The number of para-hydroxylation sites is 1. The van der Waals surface area contributed by atoms with Crippen LogP contribution >= 0.6 is 0 Å². The lowest BCUT2D eigenvalue weighted by atomic mass is 10.1. The number of rotatable bonds is 4. The van der Waals surface area contributed by atoms with E-state index in [1.165, 1.54) is 11.6 Å². The minimum absolute atomic E-state index is 0.000194. The number of fused-ring (bicyclic) bond motifs is 1. The normalized spacial score (nSPS) is 16.1. The van der Waals surface area contributed by atoms with E-state index >= 15 is 0 Å². The summed E-state index contributed by atoms with van der Waals surface area (Å²) < 4.78 is 5.80. The number of benzene rings is 1. The SMILES string of the molecule is Cc1cc(C(=O)O)nc(NCC2Cc3ccccc3O2)n1. The van der Waals surface area contributed by atoms with E-state index in [1.807, 2.05) is 24.3 Å². The van der Waals surface area contributed by atoms with Gasteiger partial charge in [-0.1, -0.05) is 18.2 Å². The van der Waals surface area contributed by atoms with Crippen molar-refractivity contribution < 1.29 is 14.6 Å². The molecule has 1 aromatic heterocycles. The number of hydrogen-bond acceptors (Lipinski definition) is 5. The largest absolute Gasteiger partial charge is 0.488 e. The number of ether oxygens (including phenoxy) is 1. The van der Waals surface area contributed by atoms with Crippen LogP contribution in [0.1, 0.15) is 21.7 Å². The van der Waals surface area contributed by atoms with Crippen LogP contribution in [0.5, 0.6) is 5.75 Å². The number of aromatic carboxylic acids is 1. The van der Waals surface area contributed by atoms with E-state index in [-0.39, 0.29) is 11.8 Å². The van der Waals surface area contributed by atoms with Crippen molar-refractivity contribution in [2.24, 2.45) is 0 Å². The monoisotopic (exact) mass is 285 g/mol. The van der Waals surface area contributed by atoms with Gasteiger partial charge in [0.15, 0.2) is 5.69 Å². The van der Waals surface area contributed by atoms with Crippen LogP contribution in [0.4, 0.5) is 5.95 Å². The minimum Gasteiger partial charge on any atom is -0.488 e. The molecule has 1 atom stereocenters. The third-order valence-electron chi connectivity index (χ3n) is 3.28. The van der Waals surface area contributed by atoms with Crippen molar-refractivity contribution in [2.45, 2.75) is 19.4 Å². The molecule has 1 aliphatic heterocycles. The second-order valence-corrected chi connectivity index (χ2v) is 4.96. The predicted molar refractivity (Wildman–Crippen MR) is 76.8 cm³/mol. The average molecular weight is 285 g/mol. The van der Waals surface area contributed by atoms with Gasteiger partial charge in [-0.25, -0.2) is 14.8 Å². The molecule has 0 aliphatic carbocycles. The molecule has 108 valence electrons. The highest BCUT2D eigenvalue weighted by atomic mass is 16.5. The first-order valence-corrected chi connectivity index (χ1v) is 6.69. The summed E-state index contributed by atoms with van der Waals surface area (Å²) >= 11 is 0. The Hall–Kier alpha value is -2.63. The third kappa shape index (κ3) is 2.94.